The molecule has 3 nitrogen and oxygen atoms in total. The van der Waals surface area contributed by atoms with Crippen molar-refractivity contribution in [1.82, 2.24) is 0 Å². The number of hydrogen-bond acceptors (Lipinski definition) is 3. The van der Waals surface area contributed by atoms with Crippen LogP contribution in [0, 0.1) is 16.7 Å². The van der Waals surface area contributed by atoms with Gasteiger partial charge in [0.05, 0.1) is 12.2 Å². The van der Waals surface area contributed by atoms with Crippen molar-refractivity contribution in [3.05, 3.63) is 46.6 Å². The van der Waals surface area contributed by atoms with Gasteiger partial charge in [-0.3, -0.25) is 4.79 Å². The summed E-state index contributed by atoms with van der Waals surface area (Å²) in [7, 11) is 1.68. The van der Waals surface area contributed by atoms with E-state index in [2.05, 4.69) is 32.1 Å². The third-order valence-corrected chi connectivity index (χ3v) is 7.92. The van der Waals surface area contributed by atoms with Crippen molar-refractivity contribution in [2.45, 2.75) is 64.9 Å². The summed E-state index contributed by atoms with van der Waals surface area (Å²) in [5.74, 6) is 0.657. The molecule has 3 heteroatoms. The molecule has 27 heavy (non-hydrogen) atoms. The molecule has 0 spiro atoms. The zero-order valence-corrected chi connectivity index (χ0v) is 17.1. The molecule has 1 N–H and O–H groups in total. The Morgan fingerprint density at radius 1 is 1.33 bits per heavy atom. The van der Waals surface area contributed by atoms with Gasteiger partial charge in [-0.15, -0.1) is 0 Å². The Kier molecular flexibility index (Phi) is 4.40. The van der Waals surface area contributed by atoms with Crippen molar-refractivity contribution in [1.29, 1.82) is 0 Å². The van der Waals surface area contributed by atoms with Gasteiger partial charge in [0.15, 0.2) is 5.78 Å². The first-order chi connectivity index (χ1) is 12.8. The molecule has 0 aliphatic heterocycles. The second kappa shape index (κ2) is 6.28. The molecule has 0 saturated heterocycles. The highest BCUT2D eigenvalue weighted by Crippen LogP contribution is 2.62. The molecule has 0 amide bonds. The monoisotopic (exact) mass is 368 g/mol. The van der Waals surface area contributed by atoms with E-state index < -0.39 is 5.60 Å². The number of methoxy groups -OCH3 is 1. The lowest BCUT2D eigenvalue weighted by atomic mass is 9.51. The van der Waals surface area contributed by atoms with Crippen molar-refractivity contribution in [3.8, 4) is 0 Å². The number of ether oxygens (including phenoxy) is 1. The summed E-state index contributed by atoms with van der Waals surface area (Å²) < 4.78 is 5.32. The van der Waals surface area contributed by atoms with Crippen molar-refractivity contribution in [3.63, 3.8) is 0 Å². The van der Waals surface area contributed by atoms with Crippen LogP contribution in [0.3, 0.4) is 0 Å². The third-order valence-electron chi connectivity index (χ3n) is 7.92. The fraction of sp³-hybridized carbons (Fsp3) is 0.625. The van der Waals surface area contributed by atoms with Gasteiger partial charge in [0.25, 0.3) is 0 Å². The first-order valence-electron chi connectivity index (χ1n) is 10.4. The van der Waals surface area contributed by atoms with Crippen LogP contribution in [0.15, 0.2) is 46.6 Å². The fourth-order valence-corrected chi connectivity index (χ4v) is 6.49. The largest absolute Gasteiger partial charge is 0.387 e. The predicted octanol–water partition coefficient (Wildman–Crippen LogP) is 4.68. The van der Waals surface area contributed by atoms with E-state index in [9.17, 15) is 9.90 Å². The third kappa shape index (κ3) is 2.58. The molecule has 0 aromatic rings. The second-order valence-corrected chi connectivity index (χ2v) is 9.25. The lowest BCUT2D eigenvalue weighted by Crippen LogP contribution is -2.50. The average Bonchev–Trinajstić information content (AvgIpc) is 2.99. The topological polar surface area (TPSA) is 46.5 Å². The van der Waals surface area contributed by atoms with Crippen LogP contribution in [0.1, 0.15) is 59.3 Å². The van der Waals surface area contributed by atoms with Crippen LogP contribution in [0.4, 0.5) is 0 Å². The summed E-state index contributed by atoms with van der Waals surface area (Å²) in [6.45, 7) is 6.59. The number of ketones is 1. The fourth-order valence-electron chi connectivity index (χ4n) is 6.49. The maximum atomic E-state index is 12.2. The van der Waals surface area contributed by atoms with Gasteiger partial charge in [-0.1, -0.05) is 31.2 Å². The Labute approximate surface area is 162 Å². The van der Waals surface area contributed by atoms with Crippen molar-refractivity contribution in [2.75, 3.05) is 13.7 Å². The van der Waals surface area contributed by atoms with E-state index in [-0.39, 0.29) is 16.6 Å². The van der Waals surface area contributed by atoms with Gasteiger partial charge in [-0.05, 0) is 80.4 Å². The standard InChI is InChI=1S/C24H32O3/c1-5-24-13-12-23(26,15-27-4)14-17(24)6-7-18-20-9-8-19(16(2)25)22(20,3)11-10-21(18)24/h8-11,17,26H,5-7,12-15H2,1-4H3/t17-,22-,23-,24+/m1/s1. The summed E-state index contributed by atoms with van der Waals surface area (Å²) in [4.78, 5) is 12.2. The van der Waals surface area contributed by atoms with Crippen molar-refractivity contribution in [2.24, 2.45) is 16.7 Å². The van der Waals surface area contributed by atoms with E-state index in [1.54, 1.807) is 14.0 Å². The summed E-state index contributed by atoms with van der Waals surface area (Å²) in [5, 5.41) is 11.0. The minimum atomic E-state index is -0.682. The van der Waals surface area contributed by atoms with Crippen molar-refractivity contribution >= 4 is 5.78 Å². The van der Waals surface area contributed by atoms with Gasteiger partial charge < -0.3 is 9.84 Å². The highest BCUT2D eigenvalue weighted by molar-refractivity contribution is 5.98. The smallest absolute Gasteiger partial charge is 0.157 e. The molecule has 0 unspecified atom stereocenters. The number of rotatable bonds is 4. The molecular weight excluding hydrogens is 336 g/mol. The predicted molar refractivity (Wildman–Crippen MR) is 107 cm³/mol. The molecule has 4 aliphatic carbocycles. The highest BCUT2D eigenvalue weighted by atomic mass is 16.5. The molecule has 0 aromatic carbocycles. The Bertz CT molecular complexity index is 798. The van der Waals surface area contributed by atoms with Gasteiger partial charge >= 0.3 is 0 Å². The summed E-state index contributed by atoms with van der Waals surface area (Å²) in [5.41, 5.74) is 4.37. The van der Waals surface area contributed by atoms with E-state index in [1.807, 2.05) is 6.08 Å². The Morgan fingerprint density at radius 3 is 2.78 bits per heavy atom. The zero-order valence-electron chi connectivity index (χ0n) is 17.1. The molecule has 4 aliphatic rings. The minimum absolute atomic E-state index is 0.144. The number of fused-ring (bicyclic) bond motifs is 4. The summed E-state index contributed by atoms with van der Waals surface area (Å²) >= 11 is 0. The lowest BCUT2D eigenvalue weighted by molar-refractivity contribution is -0.114. The van der Waals surface area contributed by atoms with Crippen LogP contribution in [-0.4, -0.2) is 30.2 Å². The molecule has 4 rings (SSSR count). The van der Waals surface area contributed by atoms with Crippen LogP contribution in [-0.2, 0) is 9.53 Å². The van der Waals surface area contributed by atoms with Crippen LogP contribution < -0.4 is 0 Å². The maximum Gasteiger partial charge on any atom is 0.157 e. The van der Waals surface area contributed by atoms with Crippen LogP contribution in [0.2, 0.25) is 0 Å². The van der Waals surface area contributed by atoms with Gasteiger partial charge in [0.2, 0.25) is 0 Å². The molecular formula is C24H32O3. The second-order valence-electron chi connectivity index (χ2n) is 9.25. The Balaban J connectivity index is 1.73. The van der Waals surface area contributed by atoms with E-state index >= 15 is 0 Å². The highest BCUT2D eigenvalue weighted by Gasteiger charge is 2.53. The van der Waals surface area contributed by atoms with Gasteiger partial charge in [-0.2, -0.15) is 0 Å². The van der Waals surface area contributed by atoms with Crippen molar-refractivity contribution < 1.29 is 14.6 Å². The number of Topliss-reactive ketones (excluding diaryl/α,β-unsaturated/α-hetero) is 1. The number of carbonyl (C=O) groups is 1. The molecule has 1 fully saturated rings. The van der Waals surface area contributed by atoms with Crippen LogP contribution in [0.25, 0.3) is 0 Å². The van der Waals surface area contributed by atoms with Gasteiger partial charge in [-0.25, -0.2) is 0 Å². The average molecular weight is 369 g/mol. The summed E-state index contributed by atoms with van der Waals surface area (Å²) in [6, 6.07) is 0. The molecule has 0 aromatic heterocycles. The normalized spacial score (nSPS) is 40.1. The van der Waals surface area contributed by atoms with Crippen LogP contribution in [0.5, 0.6) is 0 Å². The number of allylic oxidation sites excluding steroid dienone is 8. The van der Waals surface area contributed by atoms with Gasteiger partial charge in [0, 0.05) is 18.1 Å². The number of aliphatic hydroxyl groups is 1. The summed E-state index contributed by atoms with van der Waals surface area (Å²) in [6.07, 6.45) is 14.7. The lowest BCUT2D eigenvalue weighted by Gasteiger charge is -2.55. The van der Waals surface area contributed by atoms with E-state index in [1.165, 1.54) is 16.7 Å². The first kappa shape index (κ1) is 18.9. The number of hydrogen-bond donors (Lipinski definition) is 1. The van der Waals surface area contributed by atoms with E-state index in [4.69, 9.17) is 4.74 Å². The number of carbonyl (C=O) groups excluding carboxylic acids is 1. The SMILES string of the molecule is CC[C@]12CC[C@](O)(COC)C[C@H]1CCC1=C2C=C[C@]2(C)C(C(C)=O)=CC=C12. The zero-order chi connectivity index (χ0) is 19.4. The first-order valence-corrected chi connectivity index (χ1v) is 10.4. The molecule has 0 bridgehead atoms. The minimum Gasteiger partial charge on any atom is -0.387 e. The van der Waals surface area contributed by atoms with Gasteiger partial charge in [0.1, 0.15) is 0 Å². The Hall–Kier alpha value is -1.45. The Morgan fingerprint density at radius 2 is 2.11 bits per heavy atom. The maximum absolute atomic E-state index is 12.2. The van der Waals surface area contributed by atoms with E-state index in [0.717, 1.165) is 44.1 Å². The molecule has 4 atom stereocenters. The molecule has 1 saturated carbocycles. The van der Waals surface area contributed by atoms with E-state index in [0.29, 0.717) is 12.5 Å². The van der Waals surface area contributed by atoms with Crippen LogP contribution >= 0.6 is 0 Å². The molecule has 0 radical (unpaired) electrons. The quantitative estimate of drug-likeness (QED) is 0.783. The molecule has 0 heterocycles. The molecule has 146 valence electrons.